The first-order valence-electron chi connectivity index (χ1n) is 7.18. The summed E-state index contributed by atoms with van der Waals surface area (Å²) in [6.07, 6.45) is 13.2. The van der Waals surface area contributed by atoms with Crippen molar-refractivity contribution in [3.8, 4) is 0 Å². The normalized spacial score (nSPS) is 36.4. The van der Waals surface area contributed by atoms with Crippen LogP contribution in [0.4, 0.5) is 0 Å². The van der Waals surface area contributed by atoms with Crippen LogP contribution in [-0.4, -0.2) is 12.6 Å². The van der Waals surface area contributed by atoms with E-state index in [2.05, 4.69) is 12.2 Å². The van der Waals surface area contributed by atoms with Crippen molar-refractivity contribution in [2.45, 2.75) is 44.9 Å². The third kappa shape index (κ3) is 2.41. The van der Waals surface area contributed by atoms with Crippen molar-refractivity contribution in [1.82, 2.24) is 0 Å². The van der Waals surface area contributed by atoms with Gasteiger partial charge in [0.25, 0.3) is 0 Å². The number of carbonyl (C=O) groups excluding carboxylic acids is 1. The van der Waals surface area contributed by atoms with Crippen LogP contribution < -0.4 is 0 Å². The monoisotopic (exact) mass is 234 g/mol. The molecule has 94 valence electrons. The highest BCUT2D eigenvalue weighted by molar-refractivity contribution is 5.74. The number of ether oxygens (including phenoxy) is 1. The van der Waals surface area contributed by atoms with Crippen LogP contribution in [0.2, 0.25) is 0 Å². The summed E-state index contributed by atoms with van der Waals surface area (Å²) in [4.78, 5) is 12.0. The summed E-state index contributed by atoms with van der Waals surface area (Å²) in [5.74, 6) is 2.04. The van der Waals surface area contributed by atoms with Gasteiger partial charge in [0, 0.05) is 0 Å². The van der Waals surface area contributed by atoms with Gasteiger partial charge in [-0.2, -0.15) is 0 Å². The van der Waals surface area contributed by atoms with E-state index < -0.39 is 0 Å². The van der Waals surface area contributed by atoms with Gasteiger partial charge in [0.05, 0.1) is 12.5 Å². The molecular formula is C15H22O2. The summed E-state index contributed by atoms with van der Waals surface area (Å²) in [5.41, 5.74) is 0. The molecule has 0 amide bonds. The molecule has 0 radical (unpaired) electrons. The molecule has 0 spiro atoms. The Morgan fingerprint density at radius 3 is 2.59 bits per heavy atom. The molecule has 2 bridgehead atoms. The van der Waals surface area contributed by atoms with Crippen molar-refractivity contribution in [3.05, 3.63) is 12.2 Å². The summed E-state index contributed by atoms with van der Waals surface area (Å²) in [6.45, 7) is 0.677. The molecule has 3 unspecified atom stereocenters. The average molecular weight is 234 g/mol. The Morgan fingerprint density at radius 2 is 1.94 bits per heavy atom. The highest BCUT2D eigenvalue weighted by Gasteiger charge is 2.40. The fourth-order valence-corrected chi connectivity index (χ4v) is 3.71. The predicted octanol–water partition coefficient (Wildman–Crippen LogP) is 3.32. The maximum Gasteiger partial charge on any atom is 0.309 e. The van der Waals surface area contributed by atoms with Crippen molar-refractivity contribution in [3.63, 3.8) is 0 Å². The number of rotatable bonds is 3. The number of allylic oxidation sites excluding steroid dienone is 2. The molecular weight excluding hydrogens is 212 g/mol. The van der Waals surface area contributed by atoms with Crippen molar-refractivity contribution < 1.29 is 9.53 Å². The first kappa shape index (κ1) is 11.3. The van der Waals surface area contributed by atoms with Gasteiger partial charge in [0.15, 0.2) is 0 Å². The van der Waals surface area contributed by atoms with E-state index >= 15 is 0 Å². The Morgan fingerprint density at radius 1 is 1.12 bits per heavy atom. The van der Waals surface area contributed by atoms with Gasteiger partial charge in [-0.3, -0.25) is 4.79 Å². The molecule has 0 saturated heterocycles. The lowest BCUT2D eigenvalue weighted by Gasteiger charge is -2.23. The molecule has 3 atom stereocenters. The van der Waals surface area contributed by atoms with E-state index in [1.807, 2.05) is 0 Å². The molecule has 2 fully saturated rings. The molecule has 0 heterocycles. The van der Waals surface area contributed by atoms with Gasteiger partial charge in [-0.25, -0.2) is 0 Å². The molecule has 2 heteroatoms. The zero-order valence-corrected chi connectivity index (χ0v) is 10.4. The third-order valence-corrected chi connectivity index (χ3v) is 4.77. The van der Waals surface area contributed by atoms with Crippen LogP contribution in [0.1, 0.15) is 44.9 Å². The molecule has 2 saturated carbocycles. The lowest BCUT2D eigenvalue weighted by atomic mass is 9.90. The number of fused-ring (bicyclic) bond motifs is 2. The molecule has 17 heavy (non-hydrogen) atoms. The van der Waals surface area contributed by atoms with Gasteiger partial charge in [-0.15, -0.1) is 0 Å². The van der Waals surface area contributed by atoms with Crippen molar-refractivity contribution >= 4 is 5.97 Å². The van der Waals surface area contributed by atoms with Gasteiger partial charge in [0.1, 0.15) is 0 Å². The fourth-order valence-electron chi connectivity index (χ4n) is 3.71. The third-order valence-electron chi connectivity index (χ3n) is 4.77. The second-order valence-electron chi connectivity index (χ2n) is 6.02. The Balaban J connectivity index is 1.45. The second kappa shape index (κ2) is 4.83. The first-order chi connectivity index (χ1) is 8.33. The van der Waals surface area contributed by atoms with Crippen LogP contribution >= 0.6 is 0 Å². The average Bonchev–Trinajstić information content (AvgIpc) is 2.99. The maximum absolute atomic E-state index is 12.0. The topological polar surface area (TPSA) is 26.3 Å². The van der Waals surface area contributed by atoms with E-state index in [0.717, 1.165) is 6.42 Å². The minimum absolute atomic E-state index is 0.0763. The SMILES string of the molecule is O=C(OCC1CCCCC1)C1CC2C=CC1C2. The maximum atomic E-state index is 12.0. The highest BCUT2D eigenvalue weighted by atomic mass is 16.5. The largest absolute Gasteiger partial charge is 0.465 e. The van der Waals surface area contributed by atoms with E-state index in [-0.39, 0.29) is 11.9 Å². The predicted molar refractivity (Wildman–Crippen MR) is 66.4 cm³/mol. The zero-order chi connectivity index (χ0) is 11.7. The van der Waals surface area contributed by atoms with Crippen molar-refractivity contribution in [1.29, 1.82) is 0 Å². The van der Waals surface area contributed by atoms with E-state index in [4.69, 9.17) is 4.74 Å². The summed E-state index contributed by atoms with van der Waals surface area (Å²) < 4.78 is 5.55. The van der Waals surface area contributed by atoms with Gasteiger partial charge in [-0.1, -0.05) is 31.4 Å². The summed E-state index contributed by atoms with van der Waals surface area (Å²) in [6, 6.07) is 0. The summed E-state index contributed by atoms with van der Waals surface area (Å²) in [7, 11) is 0. The summed E-state index contributed by atoms with van der Waals surface area (Å²) in [5, 5.41) is 0. The van der Waals surface area contributed by atoms with Crippen LogP contribution in [0.5, 0.6) is 0 Å². The Labute approximate surface area is 103 Å². The van der Waals surface area contributed by atoms with Crippen LogP contribution in [-0.2, 0) is 9.53 Å². The Bertz CT molecular complexity index is 315. The highest BCUT2D eigenvalue weighted by Crippen LogP contribution is 2.44. The fraction of sp³-hybridized carbons (Fsp3) is 0.800. The number of carbonyl (C=O) groups is 1. The first-order valence-corrected chi connectivity index (χ1v) is 7.18. The van der Waals surface area contributed by atoms with Crippen molar-refractivity contribution in [2.75, 3.05) is 6.61 Å². The van der Waals surface area contributed by atoms with Crippen molar-refractivity contribution in [2.24, 2.45) is 23.7 Å². The van der Waals surface area contributed by atoms with Crippen LogP contribution in [0.3, 0.4) is 0 Å². The molecule has 0 aromatic rings. The smallest absolute Gasteiger partial charge is 0.309 e. The van der Waals surface area contributed by atoms with Gasteiger partial charge in [-0.05, 0) is 43.4 Å². The molecule has 0 aromatic heterocycles. The molecule has 0 aromatic carbocycles. The lowest BCUT2D eigenvalue weighted by Crippen LogP contribution is -2.24. The quantitative estimate of drug-likeness (QED) is 0.553. The van der Waals surface area contributed by atoms with Gasteiger partial charge >= 0.3 is 5.97 Å². The van der Waals surface area contributed by atoms with Gasteiger partial charge in [0.2, 0.25) is 0 Å². The number of hydrogen-bond donors (Lipinski definition) is 0. The molecule has 2 nitrogen and oxygen atoms in total. The van der Waals surface area contributed by atoms with Crippen LogP contribution in [0.25, 0.3) is 0 Å². The lowest BCUT2D eigenvalue weighted by molar-refractivity contribution is -0.151. The molecule has 0 aliphatic heterocycles. The number of hydrogen-bond acceptors (Lipinski definition) is 2. The standard InChI is InChI=1S/C15H22O2/c16-15(14-9-12-6-7-13(14)8-12)17-10-11-4-2-1-3-5-11/h6-7,11-14H,1-5,8-10H2. The molecule has 3 aliphatic rings. The van der Waals surface area contributed by atoms with E-state index in [0.29, 0.717) is 24.4 Å². The Kier molecular flexibility index (Phi) is 3.21. The van der Waals surface area contributed by atoms with E-state index in [1.165, 1.54) is 38.5 Å². The van der Waals surface area contributed by atoms with Crippen LogP contribution in [0.15, 0.2) is 12.2 Å². The molecule has 3 aliphatic carbocycles. The van der Waals surface area contributed by atoms with Crippen LogP contribution in [0, 0.1) is 23.7 Å². The molecule has 3 rings (SSSR count). The summed E-state index contributed by atoms with van der Waals surface area (Å²) >= 11 is 0. The minimum atomic E-state index is 0.0763. The van der Waals surface area contributed by atoms with E-state index in [1.54, 1.807) is 0 Å². The van der Waals surface area contributed by atoms with E-state index in [9.17, 15) is 4.79 Å². The number of esters is 1. The zero-order valence-electron chi connectivity index (χ0n) is 10.4. The Hall–Kier alpha value is -0.790. The second-order valence-corrected chi connectivity index (χ2v) is 6.02. The molecule has 0 N–H and O–H groups in total. The van der Waals surface area contributed by atoms with Gasteiger partial charge < -0.3 is 4.74 Å². The minimum Gasteiger partial charge on any atom is -0.465 e.